The standard InChI is InChI=1S/C26H28FN3O5/c1-17-8-2-3-10-19(17)21(15-25(31)32)28-26(33)22-14-24(35-16-18-9-6-7-13-34-18)30(29-22)23-12-5-4-11-20(23)27/h2-5,8,10-12,14,18,21H,6-7,9,13,15-16H2,1H3,(H,28,33)(H,31,32)/t18?,21-/m0/s1. The summed E-state index contributed by atoms with van der Waals surface area (Å²) < 4.78 is 27.5. The van der Waals surface area contributed by atoms with Crippen molar-refractivity contribution in [1.29, 1.82) is 0 Å². The zero-order chi connectivity index (χ0) is 24.8. The van der Waals surface area contributed by atoms with Gasteiger partial charge in [0.25, 0.3) is 5.91 Å². The number of carboxylic acid groups (broad SMARTS) is 1. The predicted octanol–water partition coefficient (Wildman–Crippen LogP) is 4.21. The summed E-state index contributed by atoms with van der Waals surface area (Å²) in [5.41, 5.74) is 1.67. The molecule has 2 heterocycles. The van der Waals surface area contributed by atoms with Crippen molar-refractivity contribution in [1.82, 2.24) is 15.1 Å². The molecule has 1 aliphatic rings. The van der Waals surface area contributed by atoms with E-state index in [1.807, 2.05) is 19.1 Å². The Labute approximate surface area is 202 Å². The highest BCUT2D eigenvalue weighted by atomic mass is 19.1. The highest BCUT2D eigenvalue weighted by molar-refractivity contribution is 5.93. The maximum absolute atomic E-state index is 14.6. The van der Waals surface area contributed by atoms with E-state index in [0.29, 0.717) is 12.2 Å². The number of nitrogens with zero attached hydrogens (tertiary/aromatic N) is 2. The highest BCUT2D eigenvalue weighted by Gasteiger charge is 2.25. The number of hydrogen-bond acceptors (Lipinski definition) is 5. The first-order chi connectivity index (χ1) is 16.9. The summed E-state index contributed by atoms with van der Waals surface area (Å²) in [7, 11) is 0. The molecule has 1 amide bonds. The van der Waals surface area contributed by atoms with Gasteiger partial charge in [0.1, 0.15) is 18.1 Å². The number of rotatable bonds is 9. The molecular formula is C26H28FN3O5. The Kier molecular flexibility index (Phi) is 7.77. The molecule has 2 N–H and O–H groups in total. The number of hydrogen-bond donors (Lipinski definition) is 2. The second-order valence-corrected chi connectivity index (χ2v) is 8.51. The maximum atomic E-state index is 14.6. The zero-order valence-electron chi connectivity index (χ0n) is 19.4. The normalized spacial score (nSPS) is 16.5. The molecule has 0 aliphatic carbocycles. The largest absolute Gasteiger partial charge is 0.481 e. The van der Waals surface area contributed by atoms with Gasteiger partial charge in [-0.3, -0.25) is 9.59 Å². The van der Waals surface area contributed by atoms with Crippen LogP contribution in [0.3, 0.4) is 0 Å². The number of nitrogens with one attached hydrogen (secondary N) is 1. The van der Waals surface area contributed by atoms with Gasteiger partial charge in [-0.15, -0.1) is 0 Å². The number of aromatic nitrogens is 2. The first-order valence-corrected chi connectivity index (χ1v) is 11.6. The van der Waals surface area contributed by atoms with Crippen molar-refractivity contribution in [2.45, 2.75) is 44.8 Å². The maximum Gasteiger partial charge on any atom is 0.305 e. The monoisotopic (exact) mass is 481 g/mol. The molecule has 1 saturated heterocycles. The second-order valence-electron chi connectivity index (χ2n) is 8.51. The lowest BCUT2D eigenvalue weighted by Crippen LogP contribution is -2.31. The Morgan fingerprint density at radius 3 is 2.71 bits per heavy atom. The SMILES string of the molecule is Cc1ccccc1[C@H](CC(=O)O)NC(=O)c1cc(OCC2CCCCO2)n(-c2ccccc2F)n1. The molecule has 2 atom stereocenters. The quantitative estimate of drug-likeness (QED) is 0.475. The number of carbonyl (C=O) groups excluding carboxylic acids is 1. The minimum absolute atomic E-state index is 0.0169. The smallest absolute Gasteiger partial charge is 0.305 e. The fraction of sp³-hybridized carbons (Fsp3) is 0.346. The van der Waals surface area contributed by atoms with E-state index in [9.17, 15) is 19.1 Å². The third-order valence-electron chi connectivity index (χ3n) is 5.93. The molecule has 1 aromatic heterocycles. The number of halogens is 1. The Morgan fingerprint density at radius 1 is 1.23 bits per heavy atom. The molecule has 2 aromatic carbocycles. The van der Waals surface area contributed by atoms with Gasteiger partial charge in [0, 0.05) is 12.7 Å². The third-order valence-corrected chi connectivity index (χ3v) is 5.93. The van der Waals surface area contributed by atoms with Crippen molar-refractivity contribution >= 4 is 11.9 Å². The number of carbonyl (C=O) groups is 2. The van der Waals surface area contributed by atoms with E-state index in [4.69, 9.17) is 9.47 Å². The lowest BCUT2D eigenvalue weighted by molar-refractivity contribution is -0.137. The first kappa shape index (κ1) is 24.4. The highest BCUT2D eigenvalue weighted by Crippen LogP contribution is 2.25. The summed E-state index contributed by atoms with van der Waals surface area (Å²) in [6.45, 7) is 2.76. The lowest BCUT2D eigenvalue weighted by atomic mass is 9.98. The van der Waals surface area contributed by atoms with Crippen LogP contribution < -0.4 is 10.1 Å². The fourth-order valence-corrected chi connectivity index (χ4v) is 4.11. The molecule has 1 aliphatic heterocycles. The Bertz CT molecular complexity index is 1190. The number of ether oxygens (including phenoxy) is 2. The molecule has 0 bridgehead atoms. The number of aliphatic carboxylic acids is 1. The van der Waals surface area contributed by atoms with Gasteiger partial charge in [-0.1, -0.05) is 36.4 Å². The number of aryl methyl sites for hydroxylation is 1. The molecular weight excluding hydrogens is 453 g/mol. The molecule has 0 saturated carbocycles. The van der Waals surface area contributed by atoms with Gasteiger partial charge in [0.15, 0.2) is 5.69 Å². The predicted molar refractivity (Wildman–Crippen MR) is 126 cm³/mol. The molecule has 3 aromatic rings. The van der Waals surface area contributed by atoms with Crippen LogP contribution in [0, 0.1) is 12.7 Å². The van der Waals surface area contributed by atoms with E-state index in [2.05, 4.69) is 10.4 Å². The van der Waals surface area contributed by atoms with Crippen molar-refractivity contribution in [3.05, 3.63) is 77.2 Å². The lowest BCUT2D eigenvalue weighted by Gasteiger charge is -2.22. The van der Waals surface area contributed by atoms with E-state index in [0.717, 1.165) is 24.8 Å². The van der Waals surface area contributed by atoms with Crippen LogP contribution in [0.2, 0.25) is 0 Å². The third kappa shape index (κ3) is 6.05. The molecule has 4 rings (SSSR count). The number of benzene rings is 2. The van der Waals surface area contributed by atoms with Crippen molar-refractivity contribution < 1.29 is 28.6 Å². The van der Waals surface area contributed by atoms with Crippen LogP contribution in [0.15, 0.2) is 54.6 Å². The van der Waals surface area contributed by atoms with Crippen LogP contribution in [-0.4, -0.2) is 46.1 Å². The molecule has 1 fully saturated rings. The average molecular weight is 482 g/mol. The summed E-state index contributed by atoms with van der Waals surface area (Å²) in [4.78, 5) is 24.6. The van der Waals surface area contributed by atoms with E-state index < -0.39 is 23.7 Å². The van der Waals surface area contributed by atoms with Gasteiger partial charge < -0.3 is 19.9 Å². The van der Waals surface area contributed by atoms with Gasteiger partial charge >= 0.3 is 5.97 Å². The van der Waals surface area contributed by atoms with Crippen LogP contribution in [0.25, 0.3) is 5.69 Å². The van der Waals surface area contributed by atoms with Crippen LogP contribution in [0.5, 0.6) is 5.88 Å². The molecule has 1 unspecified atom stereocenters. The van der Waals surface area contributed by atoms with E-state index in [1.54, 1.807) is 24.3 Å². The molecule has 9 heteroatoms. The van der Waals surface area contributed by atoms with E-state index >= 15 is 0 Å². The number of amides is 1. The van der Waals surface area contributed by atoms with Gasteiger partial charge in [0.2, 0.25) is 5.88 Å². The Hall–Kier alpha value is -3.72. The van der Waals surface area contributed by atoms with Crippen LogP contribution in [0.1, 0.15) is 53.3 Å². The minimum atomic E-state index is -1.05. The van der Waals surface area contributed by atoms with E-state index in [1.165, 1.54) is 22.9 Å². The van der Waals surface area contributed by atoms with Crippen LogP contribution in [-0.2, 0) is 9.53 Å². The molecule has 184 valence electrons. The fourth-order valence-electron chi connectivity index (χ4n) is 4.11. The number of para-hydroxylation sites is 1. The molecule has 0 spiro atoms. The Balaban J connectivity index is 1.61. The first-order valence-electron chi connectivity index (χ1n) is 11.6. The topological polar surface area (TPSA) is 103 Å². The Morgan fingerprint density at radius 2 is 2.00 bits per heavy atom. The van der Waals surface area contributed by atoms with Crippen molar-refractivity contribution in [2.75, 3.05) is 13.2 Å². The summed E-state index contributed by atoms with van der Waals surface area (Å²) in [6, 6.07) is 14.0. The summed E-state index contributed by atoms with van der Waals surface area (Å²) in [5, 5.41) is 16.5. The zero-order valence-corrected chi connectivity index (χ0v) is 19.4. The van der Waals surface area contributed by atoms with Gasteiger partial charge in [-0.2, -0.15) is 9.78 Å². The average Bonchev–Trinajstić information content (AvgIpc) is 3.27. The minimum Gasteiger partial charge on any atom is -0.481 e. The van der Waals surface area contributed by atoms with E-state index in [-0.39, 0.29) is 36.4 Å². The van der Waals surface area contributed by atoms with Crippen molar-refractivity contribution in [2.24, 2.45) is 0 Å². The summed E-state index contributed by atoms with van der Waals surface area (Å²) in [5.74, 6) is -1.97. The van der Waals surface area contributed by atoms with Crippen molar-refractivity contribution in [3.63, 3.8) is 0 Å². The van der Waals surface area contributed by atoms with Crippen LogP contribution in [0.4, 0.5) is 4.39 Å². The summed E-state index contributed by atoms with van der Waals surface area (Å²) in [6.07, 6.45) is 2.51. The second kappa shape index (κ2) is 11.1. The van der Waals surface area contributed by atoms with Gasteiger partial charge in [0.05, 0.1) is 18.6 Å². The van der Waals surface area contributed by atoms with Crippen LogP contribution >= 0.6 is 0 Å². The summed E-state index contributed by atoms with van der Waals surface area (Å²) >= 11 is 0. The molecule has 8 nitrogen and oxygen atoms in total. The van der Waals surface area contributed by atoms with Gasteiger partial charge in [-0.05, 0) is 49.4 Å². The molecule has 35 heavy (non-hydrogen) atoms. The van der Waals surface area contributed by atoms with Gasteiger partial charge in [-0.25, -0.2) is 4.39 Å². The molecule has 0 radical (unpaired) electrons. The van der Waals surface area contributed by atoms with Crippen molar-refractivity contribution in [3.8, 4) is 11.6 Å². The number of carboxylic acids is 1.